The minimum atomic E-state index is -0.322. The van der Waals surface area contributed by atoms with Gasteiger partial charge in [0, 0.05) is 23.3 Å². The number of rotatable bonds is 3. The molecule has 7 heteroatoms. The SMILES string of the molecule is COc1cc(Br)cc(NC(=O)c2c(N)cnn2C)c1. The van der Waals surface area contributed by atoms with Crippen molar-refractivity contribution in [1.82, 2.24) is 9.78 Å². The molecule has 0 aliphatic rings. The third-order valence-electron chi connectivity index (χ3n) is 2.55. The van der Waals surface area contributed by atoms with E-state index in [9.17, 15) is 4.79 Å². The molecule has 0 bridgehead atoms. The standard InChI is InChI=1S/C12H13BrN4O2/c1-17-11(10(14)6-15-17)12(18)16-8-3-7(13)4-9(5-8)19-2/h3-6H,14H2,1-2H3,(H,16,18). The molecule has 0 spiro atoms. The number of aryl methyl sites for hydroxylation is 1. The number of nitrogen functional groups attached to an aromatic ring is 1. The number of nitrogens with one attached hydrogen (secondary N) is 1. The highest BCUT2D eigenvalue weighted by molar-refractivity contribution is 9.10. The van der Waals surface area contributed by atoms with Gasteiger partial charge in [-0.3, -0.25) is 9.48 Å². The van der Waals surface area contributed by atoms with E-state index in [0.717, 1.165) is 4.47 Å². The number of ether oxygens (including phenoxy) is 1. The first-order valence-electron chi connectivity index (χ1n) is 5.44. The maximum absolute atomic E-state index is 12.1. The molecule has 0 fully saturated rings. The van der Waals surface area contributed by atoms with E-state index in [1.807, 2.05) is 0 Å². The van der Waals surface area contributed by atoms with Crippen molar-refractivity contribution in [1.29, 1.82) is 0 Å². The van der Waals surface area contributed by atoms with Gasteiger partial charge in [-0.2, -0.15) is 5.10 Å². The predicted octanol–water partition coefficient (Wildman–Crippen LogP) is 2.03. The number of nitrogens with zero attached hydrogens (tertiary/aromatic N) is 2. The number of carbonyl (C=O) groups excluding carboxylic acids is 1. The summed E-state index contributed by atoms with van der Waals surface area (Å²) in [6.07, 6.45) is 1.44. The maximum Gasteiger partial charge on any atom is 0.276 e. The van der Waals surface area contributed by atoms with E-state index in [1.54, 1.807) is 32.4 Å². The Morgan fingerprint density at radius 3 is 2.79 bits per heavy atom. The first kappa shape index (κ1) is 13.4. The molecule has 0 saturated heterocycles. The van der Waals surface area contributed by atoms with Gasteiger partial charge in [0.15, 0.2) is 0 Å². The van der Waals surface area contributed by atoms with Crippen molar-refractivity contribution in [3.63, 3.8) is 0 Å². The number of carbonyl (C=O) groups is 1. The molecule has 1 heterocycles. The van der Waals surface area contributed by atoms with Crippen LogP contribution in [0.2, 0.25) is 0 Å². The molecule has 0 saturated carbocycles. The fourth-order valence-corrected chi connectivity index (χ4v) is 2.15. The molecule has 100 valence electrons. The van der Waals surface area contributed by atoms with Crippen LogP contribution in [0, 0.1) is 0 Å². The van der Waals surface area contributed by atoms with Crippen LogP contribution in [0.4, 0.5) is 11.4 Å². The van der Waals surface area contributed by atoms with Gasteiger partial charge in [0.2, 0.25) is 0 Å². The van der Waals surface area contributed by atoms with Crippen molar-refractivity contribution in [2.75, 3.05) is 18.2 Å². The Bertz CT molecular complexity index is 605. The van der Waals surface area contributed by atoms with E-state index in [2.05, 4.69) is 26.3 Å². The highest BCUT2D eigenvalue weighted by atomic mass is 79.9. The molecule has 0 aliphatic carbocycles. The molecular formula is C12H13BrN4O2. The van der Waals surface area contributed by atoms with Crippen LogP contribution < -0.4 is 15.8 Å². The fraction of sp³-hybridized carbons (Fsp3) is 0.167. The first-order chi connectivity index (χ1) is 9.01. The van der Waals surface area contributed by atoms with Gasteiger partial charge >= 0.3 is 0 Å². The summed E-state index contributed by atoms with van der Waals surface area (Å²) >= 11 is 3.35. The number of anilines is 2. The molecule has 0 unspecified atom stereocenters. The third-order valence-corrected chi connectivity index (χ3v) is 3.00. The van der Waals surface area contributed by atoms with Crippen LogP contribution in [-0.4, -0.2) is 22.8 Å². The summed E-state index contributed by atoms with van der Waals surface area (Å²) in [6.45, 7) is 0. The minimum Gasteiger partial charge on any atom is -0.497 e. The van der Waals surface area contributed by atoms with Gasteiger partial charge in [-0.25, -0.2) is 0 Å². The lowest BCUT2D eigenvalue weighted by atomic mass is 10.2. The lowest BCUT2D eigenvalue weighted by Gasteiger charge is -2.08. The van der Waals surface area contributed by atoms with E-state index in [-0.39, 0.29) is 5.91 Å². The highest BCUT2D eigenvalue weighted by Crippen LogP contribution is 2.25. The second-order valence-electron chi connectivity index (χ2n) is 3.91. The summed E-state index contributed by atoms with van der Waals surface area (Å²) in [7, 11) is 3.22. The summed E-state index contributed by atoms with van der Waals surface area (Å²) in [4.78, 5) is 12.1. The average Bonchev–Trinajstić information content (AvgIpc) is 2.68. The van der Waals surface area contributed by atoms with Gasteiger partial charge in [-0.15, -0.1) is 0 Å². The Labute approximate surface area is 118 Å². The predicted molar refractivity (Wildman–Crippen MR) is 76.3 cm³/mol. The van der Waals surface area contributed by atoms with Crippen LogP contribution in [0.5, 0.6) is 5.75 Å². The van der Waals surface area contributed by atoms with E-state index >= 15 is 0 Å². The normalized spacial score (nSPS) is 10.3. The average molecular weight is 325 g/mol. The van der Waals surface area contributed by atoms with Gasteiger partial charge in [-0.1, -0.05) is 15.9 Å². The molecular weight excluding hydrogens is 312 g/mol. The Morgan fingerprint density at radius 2 is 2.21 bits per heavy atom. The number of benzene rings is 1. The van der Waals surface area contributed by atoms with Gasteiger partial charge in [0.05, 0.1) is 19.0 Å². The van der Waals surface area contributed by atoms with E-state index in [4.69, 9.17) is 10.5 Å². The molecule has 0 radical (unpaired) electrons. The Balaban J connectivity index is 2.26. The lowest BCUT2D eigenvalue weighted by Crippen LogP contribution is -2.17. The van der Waals surface area contributed by atoms with Gasteiger partial charge in [-0.05, 0) is 12.1 Å². The van der Waals surface area contributed by atoms with Gasteiger partial charge in [0.25, 0.3) is 5.91 Å². The zero-order valence-electron chi connectivity index (χ0n) is 10.5. The van der Waals surface area contributed by atoms with Crippen molar-refractivity contribution in [3.8, 4) is 5.75 Å². The largest absolute Gasteiger partial charge is 0.497 e. The summed E-state index contributed by atoms with van der Waals surface area (Å²) in [6, 6.07) is 5.29. The monoisotopic (exact) mass is 324 g/mol. The molecule has 2 rings (SSSR count). The third kappa shape index (κ3) is 2.87. The molecule has 0 atom stereocenters. The van der Waals surface area contributed by atoms with E-state index in [0.29, 0.717) is 22.8 Å². The maximum atomic E-state index is 12.1. The number of nitrogens with two attached hydrogens (primary N) is 1. The smallest absolute Gasteiger partial charge is 0.276 e. The van der Waals surface area contributed by atoms with Crippen molar-refractivity contribution in [2.45, 2.75) is 0 Å². The van der Waals surface area contributed by atoms with Crippen LogP contribution in [0.1, 0.15) is 10.5 Å². The van der Waals surface area contributed by atoms with E-state index in [1.165, 1.54) is 10.9 Å². The second kappa shape index (κ2) is 5.31. The topological polar surface area (TPSA) is 82.2 Å². The molecule has 3 N–H and O–H groups in total. The summed E-state index contributed by atoms with van der Waals surface area (Å²) < 4.78 is 7.37. The molecule has 1 amide bonds. The van der Waals surface area contributed by atoms with Crippen LogP contribution >= 0.6 is 15.9 Å². The van der Waals surface area contributed by atoms with Crippen LogP contribution in [0.3, 0.4) is 0 Å². The Kier molecular flexibility index (Phi) is 3.75. The Morgan fingerprint density at radius 1 is 1.47 bits per heavy atom. The summed E-state index contributed by atoms with van der Waals surface area (Å²) in [5.41, 5.74) is 6.97. The van der Waals surface area contributed by atoms with Gasteiger partial charge in [0.1, 0.15) is 11.4 Å². The number of methoxy groups -OCH3 is 1. The molecule has 1 aromatic carbocycles. The quantitative estimate of drug-likeness (QED) is 0.905. The molecule has 2 aromatic rings. The number of amides is 1. The molecule has 1 aromatic heterocycles. The number of hydrogen-bond acceptors (Lipinski definition) is 4. The van der Waals surface area contributed by atoms with Crippen LogP contribution in [0.25, 0.3) is 0 Å². The van der Waals surface area contributed by atoms with E-state index < -0.39 is 0 Å². The molecule has 0 aliphatic heterocycles. The fourth-order valence-electron chi connectivity index (χ4n) is 1.68. The summed E-state index contributed by atoms with van der Waals surface area (Å²) in [5.74, 6) is 0.320. The van der Waals surface area contributed by atoms with Crippen LogP contribution in [-0.2, 0) is 7.05 Å². The molecule has 19 heavy (non-hydrogen) atoms. The van der Waals surface area contributed by atoms with Crippen molar-refractivity contribution in [2.24, 2.45) is 7.05 Å². The lowest BCUT2D eigenvalue weighted by molar-refractivity contribution is 0.101. The zero-order valence-corrected chi connectivity index (χ0v) is 12.1. The number of hydrogen-bond donors (Lipinski definition) is 2. The summed E-state index contributed by atoms with van der Waals surface area (Å²) in [5, 5.41) is 6.68. The van der Waals surface area contributed by atoms with Crippen LogP contribution in [0.15, 0.2) is 28.9 Å². The molecule has 6 nitrogen and oxygen atoms in total. The zero-order chi connectivity index (χ0) is 14.0. The van der Waals surface area contributed by atoms with Crippen molar-refractivity contribution in [3.05, 3.63) is 34.6 Å². The Hall–Kier alpha value is -2.02. The van der Waals surface area contributed by atoms with Crippen molar-refractivity contribution >= 4 is 33.2 Å². The minimum absolute atomic E-state index is 0.318. The number of aromatic nitrogens is 2. The van der Waals surface area contributed by atoms with Gasteiger partial charge < -0.3 is 15.8 Å². The van der Waals surface area contributed by atoms with Crippen molar-refractivity contribution < 1.29 is 9.53 Å². The first-order valence-corrected chi connectivity index (χ1v) is 6.24. The number of halogens is 1. The highest BCUT2D eigenvalue weighted by Gasteiger charge is 2.15. The second-order valence-corrected chi connectivity index (χ2v) is 4.82.